The second-order valence-corrected chi connectivity index (χ2v) is 7.60. The molecule has 1 aliphatic heterocycles. The van der Waals surface area contributed by atoms with Gasteiger partial charge in [0.1, 0.15) is 5.75 Å². The van der Waals surface area contributed by atoms with E-state index in [1.807, 2.05) is 36.4 Å². The lowest BCUT2D eigenvalue weighted by Gasteiger charge is -2.22. The van der Waals surface area contributed by atoms with E-state index in [-0.39, 0.29) is 11.8 Å². The summed E-state index contributed by atoms with van der Waals surface area (Å²) in [5.74, 6) is 0.277. The second-order valence-electron chi connectivity index (χ2n) is 7.20. The van der Waals surface area contributed by atoms with Crippen molar-refractivity contribution in [2.24, 2.45) is 0 Å². The zero-order valence-corrected chi connectivity index (χ0v) is 17.2. The smallest absolute Gasteiger partial charge is 0.263 e. The molecule has 3 aromatic rings. The average Bonchev–Trinajstić information content (AvgIpc) is 2.86. The van der Waals surface area contributed by atoms with Crippen LogP contribution in [0.5, 0.6) is 5.75 Å². The van der Waals surface area contributed by atoms with Gasteiger partial charge in [0.15, 0.2) is 6.10 Å². The van der Waals surface area contributed by atoms with Gasteiger partial charge >= 0.3 is 0 Å². The van der Waals surface area contributed by atoms with Crippen molar-refractivity contribution in [1.82, 2.24) is 4.90 Å². The first-order chi connectivity index (χ1) is 14.5. The number of amides is 2. The highest BCUT2D eigenvalue weighted by atomic mass is 35.5. The van der Waals surface area contributed by atoms with E-state index in [2.05, 4.69) is 5.32 Å². The van der Waals surface area contributed by atoms with Crippen LogP contribution in [0.2, 0.25) is 5.02 Å². The maximum Gasteiger partial charge on any atom is 0.263 e. The number of nitrogens with one attached hydrogen (secondary N) is 1. The van der Waals surface area contributed by atoms with Crippen LogP contribution >= 0.6 is 11.6 Å². The molecule has 0 saturated heterocycles. The van der Waals surface area contributed by atoms with Crippen molar-refractivity contribution in [3.63, 3.8) is 0 Å². The number of nitrogens with zero attached hydrogens (tertiary/aromatic N) is 1. The van der Waals surface area contributed by atoms with Gasteiger partial charge in [0.05, 0.1) is 10.6 Å². The molecule has 0 unspecified atom stereocenters. The third-order valence-electron chi connectivity index (χ3n) is 4.98. The first-order valence-electron chi connectivity index (χ1n) is 9.69. The molecule has 2 amide bonds. The fourth-order valence-electron chi connectivity index (χ4n) is 3.46. The van der Waals surface area contributed by atoms with Crippen LogP contribution in [0.25, 0.3) is 0 Å². The topological polar surface area (TPSA) is 58.6 Å². The predicted octanol–water partition coefficient (Wildman–Crippen LogP) is 4.90. The first-order valence-corrected chi connectivity index (χ1v) is 10.1. The van der Waals surface area contributed by atoms with Gasteiger partial charge in [0.2, 0.25) is 0 Å². The number of ether oxygens (including phenoxy) is 1. The molecule has 0 aromatic heterocycles. The Bertz CT molecular complexity index is 1080. The van der Waals surface area contributed by atoms with Gasteiger partial charge < -0.3 is 15.0 Å². The number of carbonyl (C=O) groups excluding carboxylic acids is 2. The Hall–Kier alpha value is -3.31. The van der Waals surface area contributed by atoms with E-state index < -0.39 is 6.10 Å². The van der Waals surface area contributed by atoms with Crippen LogP contribution in [0, 0.1) is 0 Å². The van der Waals surface area contributed by atoms with Crippen molar-refractivity contribution in [3.8, 4) is 5.75 Å². The van der Waals surface area contributed by atoms with E-state index in [0.29, 0.717) is 35.1 Å². The van der Waals surface area contributed by atoms with Crippen molar-refractivity contribution in [1.29, 1.82) is 0 Å². The molecule has 0 fully saturated rings. The van der Waals surface area contributed by atoms with Crippen molar-refractivity contribution >= 4 is 29.1 Å². The Labute approximate surface area is 180 Å². The summed E-state index contributed by atoms with van der Waals surface area (Å²) in [4.78, 5) is 27.2. The number of rotatable bonds is 4. The largest absolute Gasteiger partial charge is 0.481 e. The Kier molecular flexibility index (Phi) is 5.72. The van der Waals surface area contributed by atoms with Crippen molar-refractivity contribution in [3.05, 3.63) is 94.5 Å². The number of hydrogen-bond acceptors (Lipinski definition) is 3. The SMILES string of the molecule is C[C@H]1Oc2ccc(NC(=O)c3ccccc3Cl)cc2CN(Cc2ccccc2)C1=O. The molecule has 152 valence electrons. The average molecular weight is 421 g/mol. The number of halogens is 1. The van der Waals surface area contributed by atoms with Crippen LogP contribution in [0.4, 0.5) is 5.69 Å². The number of fused-ring (bicyclic) bond motifs is 1. The molecular formula is C24H21ClN2O3. The quantitative estimate of drug-likeness (QED) is 0.653. The van der Waals surface area contributed by atoms with Gasteiger partial charge in [-0.3, -0.25) is 9.59 Å². The summed E-state index contributed by atoms with van der Waals surface area (Å²) in [5.41, 5.74) is 2.90. The zero-order valence-electron chi connectivity index (χ0n) is 16.5. The Morgan fingerprint density at radius 3 is 2.60 bits per heavy atom. The Morgan fingerprint density at radius 1 is 1.10 bits per heavy atom. The summed E-state index contributed by atoms with van der Waals surface area (Å²) >= 11 is 6.13. The summed E-state index contributed by atoms with van der Waals surface area (Å²) < 4.78 is 5.88. The van der Waals surface area contributed by atoms with Crippen LogP contribution < -0.4 is 10.1 Å². The van der Waals surface area contributed by atoms with Gasteiger partial charge in [-0.15, -0.1) is 0 Å². The Morgan fingerprint density at radius 2 is 1.83 bits per heavy atom. The summed E-state index contributed by atoms with van der Waals surface area (Å²) in [5, 5.41) is 3.26. The lowest BCUT2D eigenvalue weighted by atomic mass is 10.1. The highest BCUT2D eigenvalue weighted by Crippen LogP contribution is 2.30. The highest BCUT2D eigenvalue weighted by molar-refractivity contribution is 6.34. The van der Waals surface area contributed by atoms with Crippen molar-refractivity contribution < 1.29 is 14.3 Å². The van der Waals surface area contributed by atoms with Crippen LogP contribution in [0.1, 0.15) is 28.4 Å². The van der Waals surface area contributed by atoms with Gasteiger partial charge in [-0.1, -0.05) is 54.1 Å². The minimum absolute atomic E-state index is 0.0725. The molecule has 4 rings (SSSR count). The molecule has 3 aromatic carbocycles. The summed E-state index contributed by atoms with van der Waals surface area (Å²) in [6, 6.07) is 22.1. The number of carbonyl (C=O) groups is 2. The minimum atomic E-state index is -0.585. The monoisotopic (exact) mass is 420 g/mol. The molecule has 5 nitrogen and oxygen atoms in total. The molecule has 1 heterocycles. The number of hydrogen-bond donors (Lipinski definition) is 1. The molecule has 0 aliphatic carbocycles. The third kappa shape index (κ3) is 4.31. The Balaban J connectivity index is 1.58. The molecule has 0 bridgehead atoms. The second kappa shape index (κ2) is 8.59. The normalized spacial score (nSPS) is 15.7. The predicted molar refractivity (Wildman–Crippen MR) is 117 cm³/mol. The molecule has 30 heavy (non-hydrogen) atoms. The van der Waals surface area contributed by atoms with E-state index in [0.717, 1.165) is 11.1 Å². The summed E-state index contributed by atoms with van der Waals surface area (Å²) in [7, 11) is 0. The molecule has 0 spiro atoms. The van der Waals surface area contributed by atoms with E-state index >= 15 is 0 Å². The number of benzene rings is 3. The highest BCUT2D eigenvalue weighted by Gasteiger charge is 2.28. The van der Waals surface area contributed by atoms with Gasteiger partial charge in [-0.25, -0.2) is 0 Å². The molecular weight excluding hydrogens is 400 g/mol. The zero-order chi connectivity index (χ0) is 21.1. The molecule has 6 heteroatoms. The van der Waals surface area contributed by atoms with Crippen LogP contribution in [-0.2, 0) is 17.9 Å². The maximum absolute atomic E-state index is 12.8. The van der Waals surface area contributed by atoms with Crippen molar-refractivity contribution in [2.75, 3.05) is 5.32 Å². The first kappa shape index (κ1) is 20.0. The maximum atomic E-state index is 12.8. The summed E-state index contributed by atoms with van der Waals surface area (Å²) in [6.07, 6.45) is -0.585. The van der Waals surface area contributed by atoms with Gasteiger partial charge in [-0.05, 0) is 42.8 Å². The standard InChI is InChI=1S/C24H21ClN2O3/c1-16-24(29)27(14-17-7-3-2-4-8-17)15-18-13-19(11-12-22(18)30-16)26-23(28)20-9-5-6-10-21(20)25/h2-13,16H,14-15H2,1H3,(H,26,28)/t16-/m1/s1. The van der Waals surface area contributed by atoms with Crippen LogP contribution in [0.15, 0.2) is 72.8 Å². The third-order valence-corrected chi connectivity index (χ3v) is 5.31. The van der Waals surface area contributed by atoms with E-state index in [9.17, 15) is 9.59 Å². The minimum Gasteiger partial charge on any atom is -0.481 e. The van der Waals surface area contributed by atoms with Crippen LogP contribution in [-0.4, -0.2) is 22.8 Å². The van der Waals surface area contributed by atoms with Crippen LogP contribution in [0.3, 0.4) is 0 Å². The molecule has 1 aliphatic rings. The fourth-order valence-corrected chi connectivity index (χ4v) is 3.68. The van der Waals surface area contributed by atoms with E-state index in [1.165, 1.54) is 0 Å². The molecule has 0 radical (unpaired) electrons. The molecule has 1 N–H and O–H groups in total. The lowest BCUT2D eigenvalue weighted by Crippen LogP contribution is -2.37. The number of anilines is 1. The van der Waals surface area contributed by atoms with Gasteiger partial charge in [-0.2, -0.15) is 0 Å². The lowest BCUT2D eigenvalue weighted by molar-refractivity contribution is -0.138. The van der Waals surface area contributed by atoms with Gasteiger partial charge in [0, 0.05) is 24.3 Å². The van der Waals surface area contributed by atoms with Crippen molar-refractivity contribution in [2.45, 2.75) is 26.1 Å². The molecule has 1 atom stereocenters. The fraction of sp³-hybridized carbons (Fsp3) is 0.167. The molecule has 0 saturated carbocycles. The van der Waals surface area contributed by atoms with E-state index in [4.69, 9.17) is 16.3 Å². The summed E-state index contributed by atoms with van der Waals surface area (Å²) in [6.45, 7) is 2.63. The van der Waals surface area contributed by atoms with Gasteiger partial charge in [0.25, 0.3) is 11.8 Å². The van der Waals surface area contributed by atoms with E-state index in [1.54, 1.807) is 48.2 Å².